The van der Waals surface area contributed by atoms with E-state index in [2.05, 4.69) is 22.6 Å². The molecule has 3 saturated heterocycles. The van der Waals surface area contributed by atoms with Gasteiger partial charge in [-0.15, -0.1) is 0 Å². The first-order chi connectivity index (χ1) is 9.13. The van der Waals surface area contributed by atoms with E-state index in [0.717, 1.165) is 18.6 Å². The highest BCUT2D eigenvalue weighted by Crippen LogP contribution is 2.37. The minimum atomic E-state index is -0.157. The number of carbonyl (C=O) groups excluding carboxylic acids is 2. The second kappa shape index (κ2) is 5.12. The summed E-state index contributed by atoms with van der Waals surface area (Å²) in [6.07, 6.45) is 5.38. The van der Waals surface area contributed by atoms with Gasteiger partial charge in [-0.1, -0.05) is 0 Å². The first-order valence-corrected chi connectivity index (χ1v) is 7.40. The third-order valence-electron chi connectivity index (χ3n) is 5.11. The molecular weight excluding hydrogens is 242 g/mol. The summed E-state index contributed by atoms with van der Waals surface area (Å²) in [6, 6.07) is 1.44. The zero-order valence-corrected chi connectivity index (χ0v) is 11.5. The fourth-order valence-electron chi connectivity index (χ4n) is 3.87. The van der Waals surface area contributed by atoms with Gasteiger partial charge >= 0.3 is 0 Å². The molecule has 0 aliphatic carbocycles. The largest absolute Gasteiger partial charge is 0.356 e. The van der Waals surface area contributed by atoms with Crippen molar-refractivity contribution in [1.29, 1.82) is 0 Å². The van der Waals surface area contributed by atoms with Crippen LogP contribution in [0, 0.1) is 11.8 Å². The molecule has 3 atom stereocenters. The number of rotatable bonds is 3. The van der Waals surface area contributed by atoms with E-state index in [9.17, 15) is 9.59 Å². The van der Waals surface area contributed by atoms with Crippen molar-refractivity contribution in [3.63, 3.8) is 0 Å². The zero-order chi connectivity index (χ0) is 13.4. The van der Waals surface area contributed by atoms with Crippen molar-refractivity contribution >= 4 is 11.8 Å². The van der Waals surface area contributed by atoms with Gasteiger partial charge in [-0.2, -0.15) is 0 Å². The highest BCUT2D eigenvalue weighted by Gasteiger charge is 2.38. The van der Waals surface area contributed by atoms with Gasteiger partial charge in [0.05, 0.1) is 5.92 Å². The summed E-state index contributed by atoms with van der Waals surface area (Å²) < 4.78 is 0. The standard InChI is InChI=1S/C14H23N3O2/c1-17-11-2-3-12(17)5-9(4-11)7-16-14(19)10-6-13(18)15-8-10/h9-12H,2-8H2,1H3,(H,15,18)(H,16,19). The van der Waals surface area contributed by atoms with Crippen molar-refractivity contribution in [3.05, 3.63) is 0 Å². The van der Waals surface area contributed by atoms with Crippen LogP contribution in [0.15, 0.2) is 0 Å². The molecule has 3 heterocycles. The minimum Gasteiger partial charge on any atom is -0.356 e. The molecule has 3 rings (SSSR count). The number of carbonyl (C=O) groups is 2. The number of fused-ring (bicyclic) bond motifs is 2. The molecule has 3 fully saturated rings. The maximum Gasteiger partial charge on any atom is 0.225 e. The minimum absolute atomic E-state index is 0.00233. The van der Waals surface area contributed by atoms with Gasteiger partial charge in [0.1, 0.15) is 0 Å². The summed E-state index contributed by atoms with van der Waals surface area (Å²) in [6.45, 7) is 1.29. The third-order valence-corrected chi connectivity index (χ3v) is 5.11. The van der Waals surface area contributed by atoms with Crippen molar-refractivity contribution in [2.24, 2.45) is 11.8 Å². The maximum atomic E-state index is 12.0. The molecule has 2 bridgehead atoms. The van der Waals surface area contributed by atoms with E-state index in [1.54, 1.807) is 0 Å². The van der Waals surface area contributed by atoms with Gasteiger partial charge in [0.15, 0.2) is 0 Å². The van der Waals surface area contributed by atoms with E-state index >= 15 is 0 Å². The number of nitrogens with zero attached hydrogens (tertiary/aromatic N) is 1. The molecule has 0 spiro atoms. The molecule has 2 N–H and O–H groups in total. The Kier molecular flexibility index (Phi) is 3.48. The molecular formula is C14H23N3O2. The van der Waals surface area contributed by atoms with Crippen LogP contribution in [-0.2, 0) is 9.59 Å². The van der Waals surface area contributed by atoms with Crippen LogP contribution in [0.5, 0.6) is 0 Å². The average molecular weight is 265 g/mol. The van der Waals surface area contributed by atoms with E-state index in [1.165, 1.54) is 25.7 Å². The van der Waals surface area contributed by atoms with Crippen LogP contribution in [0.4, 0.5) is 0 Å². The van der Waals surface area contributed by atoms with Gasteiger partial charge in [-0.3, -0.25) is 9.59 Å². The van der Waals surface area contributed by atoms with E-state index < -0.39 is 0 Å². The molecule has 0 saturated carbocycles. The van der Waals surface area contributed by atoms with Gasteiger partial charge < -0.3 is 15.5 Å². The molecule has 3 unspecified atom stereocenters. The van der Waals surface area contributed by atoms with E-state index in [4.69, 9.17) is 0 Å². The lowest BCUT2D eigenvalue weighted by Crippen LogP contribution is -2.44. The monoisotopic (exact) mass is 265 g/mol. The zero-order valence-electron chi connectivity index (χ0n) is 11.5. The third kappa shape index (κ3) is 2.61. The van der Waals surface area contributed by atoms with Crippen molar-refractivity contribution in [3.8, 4) is 0 Å². The van der Waals surface area contributed by atoms with Crippen molar-refractivity contribution in [2.45, 2.75) is 44.2 Å². The first-order valence-electron chi connectivity index (χ1n) is 7.40. The van der Waals surface area contributed by atoms with Crippen LogP contribution in [0.3, 0.4) is 0 Å². The molecule has 0 aromatic rings. The van der Waals surface area contributed by atoms with E-state index in [-0.39, 0.29) is 17.7 Å². The number of amides is 2. The Balaban J connectivity index is 1.45. The van der Waals surface area contributed by atoms with Crippen LogP contribution in [0.25, 0.3) is 0 Å². The topological polar surface area (TPSA) is 61.4 Å². The Labute approximate surface area is 114 Å². The van der Waals surface area contributed by atoms with Crippen molar-refractivity contribution in [2.75, 3.05) is 20.1 Å². The predicted molar refractivity (Wildman–Crippen MR) is 71.4 cm³/mol. The molecule has 3 aliphatic rings. The summed E-state index contributed by atoms with van der Waals surface area (Å²) in [7, 11) is 2.23. The predicted octanol–water partition coefficient (Wildman–Crippen LogP) is 0.112. The second-order valence-corrected chi connectivity index (χ2v) is 6.34. The maximum absolute atomic E-state index is 12.0. The highest BCUT2D eigenvalue weighted by molar-refractivity contribution is 5.89. The Morgan fingerprint density at radius 3 is 2.63 bits per heavy atom. The summed E-state index contributed by atoms with van der Waals surface area (Å²) in [5.74, 6) is 0.500. The highest BCUT2D eigenvalue weighted by atomic mass is 16.2. The molecule has 5 nitrogen and oxygen atoms in total. The Hall–Kier alpha value is -1.10. The van der Waals surface area contributed by atoms with E-state index in [0.29, 0.717) is 18.9 Å². The molecule has 2 amide bonds. The Morgan fingerprint density at radius 2 is 2.05 bits per heavy atom. The molecule has 3 aliphatic heterocycles. The van der Waals surface area contributed by atoms with Crippen LogP contribution in [0.2, 0.25) is 0 Å². The van der Waals surface area contributed by atoms with Crippen molar-refractivity contribution < 1.29 is 9.59 Å². The molecule has 0 radical (unpaired) electrons. The molecule has 106 valence electrons. The van der Waals surface area contributed by atoms with E-state index in [1.807, 2.05) is 0 Å². The fourth-order valence-corrected chi connectivity index (χ4v) is 3.87. The normalized spacial score (nSPS) is 38.3. The SMILES string of the molecule is CN1C2CCC1CC(CNC(=O)C1CNC(=O)C1)C2. The second-order valence-electron chi connectivity index (χ2n) is 6.34. The Morgan fingerprint density at radius 1 is 1.37 bits per heavy atom. The van der Waals surface area contributed by atoms with Crippen molar-refractivity contribution in [1.82, 2.24) is 15.5 Å². The van der Waals surface area contributed by atoms with Gasteiger partial charge in [0.2, 0.25) is 11.8 Å². The fraction of sp³-hybridized carbons (Fsp3) is 0.857. The van der Waals surface area contributed by atoms with Gasteiger partial charge in [-0.05, 0) is 38.6 Å². The number of hydrogen-bond donors (Lipinski definition) is 2. The summed E-state index contributed by atoms with van der Waals surface area (Å²) in [4.78, 5) is 25.6. The Bertz CT molecular complexity index is 371. The van der Waals surface area contributed by atoms with Gasteiger partial charge in [-0.25, -0.2) is 0 Å². The summed E-state index contributed by atoms with van der Waals surface area (Å²) in [5.41, 5.74) is 0. The van der Waals surface area contributed by atoms with Crippen LogP contribution in [-0.4, -0.2) is 48.9 Å². The lowest BCUT2D eigenvalue weighted by molar-refractivity contribution is -0.126. The number of hydrogen-bond acceptors (Lipinski definition) is 3. The number of piperidine rings is 1. The quantitative estimate of drug-likeness (QED) is 0.761. The molecule has 5 heteroatoms. The average Bonchev–Trinajstić information content (AvgIpc) is 2.88. The van der Waals surface area contributed by atoms with Crippen LogP contribution >= 0.6 is 0 Å². The lowest BCUT2D eigenvalue weighted by atomic mass is 9.91. The molecule has 0 aromatic carbocycles. The molecule has 0 aromatic heterocycles. The van der Waals surface area contributed by atoms with Gasteiger partial charge in [0, 0.05) is 31.6 Å². The smallest absolute Gasteiger partial charge is 0.225 e. The summed E-state index contributed by atoms with van der Waals surface area (Å²) >= 11 is 0. The lowest BCUT2D eigenvalue weighted by Gasteiger charge is -2.36. The van der Waals surface area contributed by atoms with Crippen LogP contribution < -0.4 is 10.6 Å². The van der Waals surface area contributed by atoms with Gasteiger partial charge in [0.25, 0.3) is 0 Å². The first kappa shape index (κ1) is 12.9. The van der Waals surface area contributed by atoms with Crippen LogP contribution in [0.1, 0.15) is 32.1 Å². The number of nitrogens with one attached hydrogen (secondary N) is 2. The summed E-state index contributed by atoms with van der Waals surface area (Å²) in [5, 5.41) is 5.76. The molecule has 19 heavy (non-hydrogen) atoms.